The number of carbonyl (C=O) groups is 1. The van der Waals surface area contributed by atoms with Crippen LogP contribution in [0.1, 0.15) is 23.4 Å². The van der Waals surface area contributed by atoms with Gasteiger partial charge in [0.25, 0.3) is 0 Å². The van der Waals surface area contributed by atoms with Crippen LogP contribution in [0, 0.1) is 5.92 Å². The number of thiazole rings is 1. The molecular formula is C12H17N3O2S. The molecule has 2 aliphatic rings. The van der Waals surface area contributed by atoms with E-state index in [2.05, 4.69) is 4.98 Å². The van der Waals surface area contributed by atoms with Crippen molar-refractivity contribution in [3.05, 3.63) is 10.6 Å². The first-order chi connectivity index (χ1) is 8.67. The number of aryl methyl sites for hydroxylation is 1. The van der Waals surface area contributed by atoms with Gasteiger partial charge in [0.05, 0.1) is 5.69 Å². The van der Waals surface area contributed by atoms with E-state index in [1.807, 2.05) is 4.90 Å². The Bertz CT molecular complexity index is 474. The van der Waals surface area contributed by atoms with Gasteiger partial charge in [0, 0.05) is 42.8 Å². The predicted molar refractivity (Wildman–Crippen MR) is 69.2 cm³/mol. The Labute approximate surface area is 110 Å². The van der Waals surface area contributed by atoms with E-state index >= 15 is 0 Å². The highest BCUT2D eigenvalue weighted by molar-refractivity contribution is 7.15. The van der Waals surface area contributed by atoms with E-state index in [0.717, 1.165) is 25.0 Å². The number of nitrogen functional groups attached to an aromatic ring is 1. The van der Waals surface area contributed by atoms with Crippen LogP contribution in [-0.4, -0.2) is 40.1 Å². The maximum atomic E-state index is 11.9. The van der Waals surface area contributed by atoms with Gasteiger partial charge in [0.15, 0.2) is 5.13 Å². The Morgan fingerprint density at radius 1 is 1.50 bits per heavy atom. The normalized spacial score (nSPS) is 27.6. The van der Waals surface area contributed by atoms with E-state index < -0.39 is 0 Å². The number of aliphatic hydroxyl groups is 1. The Hall–Kier alpha value is -1.14. The summed E-state index contributed by atoms with van der Waals surface area (Å²) >= 11 is 1.54. The van der Waals surface area contributed by atoms with E-state index in [-0.39, 0.29) is 24.5 Å². The molecule has 3 rings (SSSR count). The van der Waals surface area contributed by atoms with E-state index in [9.17, 15) is 4.79 Å². The second kappa shape index (κ2) is 4.51. The average molecular weight is 267 g/mol. The second-order valence-electron chi connectivity index (χ2n) is 5.12. The van der Waals surface area contributed by atoms with Crippen LogP contribution in [0.15, 0.2) is 0 Å². The molecule has 0 bridgehead atoms. The molecule has 2 heterocycles. The molecule has 0 saturated carbocycles. The number of amides is 1. The number of carbonyl (C=O) groups excluding carboxylic acids is 1. The Morgan fingerprint density at radius 2 is 2.33 bits per heavy atom. The standard InChI is InChI=1S/C12H17N3O2S/c13-12-14-9-2-1-8(4-10(9)18-12)15-5-7(6-16)3-11(15)17/h7-8,16H,1-6H2,(H2,13,14)/t7?,8-/m0/s1. The molecule has 1 saturated heterocycles. The van der Waals surface area contributed by atoms with Gasteiger partial charge in [-0.3, -0.25) is 4.79 Å². The fourth-order valence-electron chi connectivity index (χ4n) is 2.93. The van der Waals surface area contributed by atoms with Gasteiger partial charge in [0.2, 0.25) is 5.91 Å². The van der Waals surface area contributed by atoms with Gasteiger partial charge in [0.1, 0.15) is 0 Å². The van der Waals surface area contributed by atoms with Crippen molar-refractivity contribution in [1.82, 2.24) is 9.88 Å². The predicted octanol–water partition coefficient (Wildman–Crippen LogP) is 0.423. The van der Waals surface area contributed by atoms with Crippen molar-refractivity contribution >= 4 is 22.4 Å². The number of nitrogens with two attached hydrogens (primary N) is 1. The molecule has 98 valence electrons. The van der Waals surface area contributed by atoms with Crippen LogP contribution in [0.2, 0.25) is 0 Å². The van der Waals surface area contributed by atoms with Crippen LogP contribution in [0.3, 0.4) is 0 Å². The molecule has 1 aromatic rings. The summed E-state index contributed by atoms with van der Waals surface area (Å²) in [5.41, 5.74) is 6.83. The summed E-state index contributed by atoms with van der Waals surface area (Å²) in [6.07, 6.45) is 3.22. The third kappa shape index (κ3) is 1.99. The monoisotopic (exact) mass is 267 g/mol. The van der Waals surface area contributed by atoms with Gasteiger partial charge in [-0.1, -0.05) is 0 Å². The summed E-state index contributed by atoms with van der Waals surface area (Å²) in [6.45, 7) is 0.803. The topological polar surface area (TPSA) is 79.4 Å². The quantitative estimate of drug-likeness (QED) is 0.814. The summed E-state index contributed by atoms with van der Waals surface area (Å²) in [5.74, 6) is 0.297. The van der Waals surface area contributed by atoms with Crippen molar-refractivity contribution in [1.29, 1.82) is 0 Å². The molecule has 1 aliphatic heterocycles. The van der Waals surface area contributed by atoms with Gasteiger partial charge in [-0.2, -0.15) is 0 Å². The van der Waals surface area contributed by atoms with Crippen molar-refractivity contribution in [3.63, 3.8) is 0 Å². The zero-order valence-corrected chi connectivity index (χ0v) is 10.9. The lowest BCUT2D eigenvalue weighted by Crippen LogP contribution is -2.40. The number of anilines is 1. The van der Waals surface area contributed by atoms with Gasteiger partial charge in [-0.25, -0.2) is 4.98 Å². The van der Waals surface area contributed by atoms with Crippen LogP contribution in [0.4, 0.5) is 5.13 Å². The Kier molecular flexibility index (Phi) is 2.99. The van der Waals surface area contributed by atoms with Gasteiger partial charge < -0.3 is 15.7 Å². The minimum Gasteiger partial charge on any atom is -0.396 e. The molecule has 0 aromatic carbocycles. The summed E-state index contributed by atoms with van der Waals surface area (Å²) < 4.78 is 0. The Balaban J connectivity index is 1.74. The molecule has 5 nitrogen and oxygen atoms in total. The minimum atomic E-state index is 0.105. The van der Waals surface area contributed by atoms with Crippen molar-refractivity contribution in [2.24, 2.45) is 5.92 Å². The van der Waals surface area contributed by atoms with E-state index in [1.165, 1.54) is 16.2 Å². The lowest BCUT2D eigenvalue weighted by Gasteiger charge is -2.30. The highest BCUT2D eigenvalue weighted by atomic mass is 32.1. The third-order valence-corrected chi connectivity index (χ3v) is 4.82. The molecule has 0 spiro atoms. The molecule has 1 fully saturated rings. The Morgan fingerprint density at radius 3 is 3.06 bits per heavy atom. The molecule has 18 heavy (non-hydrogen) atoms. The van der Waals surface area contributed by atoms with E-state index in [0.29, 0.717) is 18.1 Å². The maximum absolute atomic E-state index is 11.9. The molecule has 1 aromatic heterocycles. The SMILES string of the molecule is Nc1nc2c(s1)C[C@@H](N1CC(CO)CC1=O)CC2. The largest absolute Gasteiger partial charge is 0.396 e. The van der Waals surface area contributed by atoms with Crippen LogP contribution >= 0.6 is 11.3 Å². The first-order valence-electron chi connectivity index (χ1n) is 6.31. The average Bonchev–Trinajstić information content (AvgIpc) is 2.89. The van der Waals surface area contributed by atoms with E-state index in [1.54, 1.807) is 0 Å². The van der Waals surface area contributed by atoms with Crippen LogP contribution < -0.4 is 5.73 Å². The molecule has 0 radical (unpaired) electrons. The minimum absolute atomic E-state index is 0.105. The third-order valence-electron chi connectivity index (χ3n) is 3.87. The van der Waals surface area contributed by atoms with Crippen molar-refractivity contribution in [3.8, 4) is 0 Å². The number of aliphatic hydroxyl groups excluding tert-OH is 1. The lowest BCUT2D eigenvalue weighted by molar-refractivity contribution is -0.129. The number of rotatable bonds is 2. The van der Waals surface area contributed by atoms with Gasteiger partial charge in [-0.05, 0) is 12.8 Å². The fraction of sp³-hybridized carbons (Fsp3) is 0.667. The number of nitrogens with zero attached hydrogens (tertiary/aromatic N) is 2. The van der Waals surface area contributed by atoms with Crippen molar-refractivity contribution < 1.29 is 9.90 Å². The molecule has 1 amide bonds. The fourth-order valence-corrected chi connectivity index (χ4v) is 3.88. The molecular weight excluding hydrogens is 250 g/mol. The lowest BCUT2D eigenvalue weighted by atomic mass is 9.96. The van der Waals surface area contributed by atoms with Gasteiger partial charge >= 0.3 is 0 Å². The summed E-state index contributed by atoms with van der Waals surface area (Å²) in [4.78, 5) is 19.4. The number of hydrogen-bond acceptors (Lipinski definition) is 5. The van der Waals surface area contributed by atoms with E-state index in [4.69, 9.17) is 10.8 Å². The first kappa shape index (κ1) is 11.9. The zero-order valence-electron chi connectivity index (χ0n) is 10.1. The molecule has 3 N–H and O–H groups in total. The number of likely N-dealkylation sites (tertiary alicyclic amines) is 1. The number of aromatic nitrogens is 1. The summed E-state index contributed by atoms with van der Waals surface area (Å²) in [7, 11) is 0. The highest BCUT2D eigenvalue weighted by Crippen LogP contribution is 2.32. The van der Waals surface area contributed by atoms with Crippen LogP contribution in [0.25, 0.3) is 0 Å². The number of fused-ring (bicyclic) bond motifs is 1. The van der Waals surface area contributed by atoms with Crippen molar-refractivity contribution in [2.45, 2.75) is 31.7 Å². The molecule has 1 unspecified atom stereocenters. The van der Waals surface area contributed by atoms with Crippen molar-refractivity contribution in [2.75, 3.05) is 18.9 Å². The van der Waals surface area contributed by atoms with Gasteiger partial charge in [-0.15, -0.1) is 11.3 Å². The highest BCUT2D eigenvalue weighted by Gasteiger charge is 2.36. The summed E-state index contributed by atoms with van der Waals surface area (Å²) in [5, 5.41) is 9.78. The summed E-state index contributed by atoms with van der Waals surface area (Å²) in [6, 6.07) is 0.265. The smallest absolute Gasteiger partial charge is 0.223 e. The first-order valence-corrected chi connectivity index (χ1v) is 7.13. The van der Waals surface area contributed by atoms with Crippen LogP contribution in [-0.2, 0) is 17.6 Å². The zero-order chi connectivity index (χ0) is 12.7. The molecule has 2 atom stereocenters. The second-order valence-corrected chi connectivity index (χ2v) is 6.23. The molecule has 6 heteroatoms. The number of hydrogen-bond donors (Lipinski definition) is 2. The van der Waals surface area contributed by atoms with Crippen LogP contribution in [0.5, 0.6) is 0 Å². The molecule has 1 aliphatic carbocycles. The maximum Gasteiger partial charge on any atom is 0.223 e.